The fraction of sp³-hybridized carbons (Fsp3) is 0. The first kappa shape index (κ1) is 17.3. The average Bonchev–Trinajstić information content (AvgIpc) is 3.52. The maximum atomic E-state index is 5.10. The van der Waals surface area contributed by atoms with Crippen LogP contribution in [0.3, 0.4) is 0 Å². The van der Waals surface area contributed by atoms with Crippen LogP contribution in [0.1, 0.15) is 0 Å². The summed E-state index contributed by atoms with van der Waals surface area (Å²) in [6.07, 6.45) is 3.94. The van der Waals surface area contributed by atoms with Gasteiger partial charge in [0.25, 0.3) is 0 Å². The van der Waals surface area contributed by atoms with Gasteiger partial charge in [0.1, 0.15) is 0 Å². The summed E-state index contributed by atoms with van der Waals surface area (Å²) in [5, 5.41) is 4.54. The molecule has 0 fully saturated rings. The quantitative estimate of drug-likeness (QED) is 0.299. The molecule has 0 bridgehead atoms. The molecule has 32 heavy (non-hydrogen) atoms. The highest BCUT2D eigenvalue weighted by molar-refractivity contribution is 6.05. The van der Waals surface area contributed by atoms with E-state index in [4.69, 9.17) is 9.97 Å². The van der Waals surface area contributed by atoms with Crippen LogP contribution in [-0.2, 0) is 0 Å². The third-order valence-electron chi connectivity index (χ3n) is 6.25. The van der Waals surface area contributed by atoms with Gasteiger partial charge in [-0.1, -0.05) is 60.7 Å². The van der Waals surface area contributed by atoms with Crippen molar-refractivity contribution >= 4 is 43.6 Å². The molecule has 0 aliphatic carbocycles. The lowest BCUT2D eigenvalue weighted by Crippen LogP contribution is -1.92. The fourth-order valence-electron chi connectivity index (χ4n) is 4.66. The van der Waals surface area contributed by atoms with E-state index >= 15 is 0 Å². The molecule has 7 rings (SSSR count). The standard InChI is InChI=1S/C28H18N4/c1-3-17-13-15-29-25(17)21(5-1)23-11-9-19-7-8-20-10-12-24(32-28(20)27(19)31-23)22-6-2-4-18-14-16-30-26(18)22/h1-16,29-30H. The molecule has 4 heterocycles. The minimum absolute atomic E-state index is 0.920. The van der Waals surface area contributed by atoms with Crippen molar-refractivity contribution in [3.63, 3.8) is 0 Å². The number of fused-ring (bicyclic) bond motifs is 5. The highest BCUT2D eigenvalue weighted by Gasteiger charge is 2.12. The molecule has 4 heteroatoms. The van der Waals surface area contributed by atoms with Crippen molar-refractivity contribution in [2.75, 3.05) is 0 Å². The van der Waals surface area contributed by atoms with Crippen LogP contribution in [0.4, 0.5) is 0 Å². The van der Waals surface area contributed by atoms with Gasteiger partial charge < -0.3 is 9.97 Å². The van der Waals surface area contributed by atoms with Crippen LogP contribution in [0.15, 0.2) is 97.3 Å². The van der Waals surface area contributed by atoms with Gasteiger partial charge in [0, 0.05) is 45.1 Å². The summed E-state index contributed by atoms with van der Waals surface area (Å²) in [6, 6.07) is 29.5. The van der Waals surface area contributed by atoms with Gasteiger partial charge in [-0.15, -0.1) is 0 Å². The Hall–Kier alpha value is -4.44. The van der Waals surface area contributed by atoms with E-state index in [1.165, 1.54) is 10.8 Å². The zero-order valence-corrected chi connectivity index (χ0v) is 17.1. The lowest BCUT2D eigenvalue weighted by Gasteiger charge is -2.09. The van der Waals surface area contributed by atoms with E-state index in [0.717, 1.165) is 55.4 Å². The molecule has 150 valence electrons. The number of benzene rings is 3. The van der Waals surface area contributed by atoms with Crippen LogP contribution in [0.2, 0.25) is 0 Å². The van der Waals surface area contributed by atoms with E-state index in [-0.39, 0.29) is 0 Å². The van der Waals surface area contributed by atoms with Crippen molar-refractivity contribution in [2.24, 2.45) is 0 Å². The van der Waals surface area contributed by atoms with Gasteiger partial charge in [-0.3, -0.25) is 0 Å². The molecule has 0 saturated carbocycles. The molecule has 0 atom stereocenters. The van der Waals surface area contributed by atoms with Crippen LogP contribution in [0, 0.1) is 0 Å². The van der Waals surface area contributed by atoms with E-state index in [9.17, 15) is 0 Å². The highest BCUT2D eigenvalue weighted by atomic mass is 14.8. The topological polar surface area (TPSA) is 57.4 Å². The number of nitrogens with one attached hydrogen (secondary N) is 2. The Morgan fingerprint density at radius 2 is 0.906 bits per heavy atom. The molecule has 0 radical (unpaired) electrons. The number of H-pyrrole nitrogens is 2. The Balaban J connectivity index is 1.49. The van der Waals surface area contributed by atoms with Crippen molar-refractivity contribution in [2.45, 2.75) is 0 Å². The third kappa shape index (κ3) is 2.50. The number of nitrogens with zero attached hydrogens (tertiary/aromatic N) is 2. The van der Waals surface area contributed by atoms with E-state index in [1.54, 1.807) is 0 Å². The van der Waals surface area contributed by atoms with Gasteiger partial charge in [-0.2, -0.15) is 0 Å². The van der Waals surface area contributed by atoms with E-state index in [0.29, 0.717) is 0 Å². The van der Waals surface area contributed by atoms with E-state index < -0.39 is 0 Å². The second kappa shape index (κ2) is 6.53. The second-order valence-corrected chi connectivity index (χ2v) is 8.10. The molecular formula is C28H18N4. The summed E-state index contributed by atoms with van der Waals surface area (Å²) in [5.41, 5.74) is 8.12. The smallest absolute Gasteiger partial charge is 0.0972 e. The number of hydrogen-bond acceptors (Lipinski definition) is 2. The fourth-order valence-corrected chi connectivity index (χ4v) is 4.66. The van der Waals surface area contributed by atoms with Crippen LogP contribution in [0.5, 0.6) is 0 Å². The Morgan fingerprint density at radius 3 is 1.41 bits per heavy atom. The van der Waals surface area contributed by atoms with Gasteiger partial charge in [0.15, 0.2) is 0 Å². The van der Waals surface area contributed by atoms with Gasteiger partial charge in [-0.05, 0) is 24.3 Å². The van der Waals surface area contributed by atoms with Crippen LogP contribution >= 0.6 is 0 Å². The Bertz CT molecular complexity index is 1660. The van der Waals surface area contributed by atoms with Crippen LogP contribution < -0.4 is 0 Å². The first-order valence-corrected chi connectivity index (χ1v) is 10.7. The van der Waals surface area contributed by atoms with Gasteiger partial charge in [-0.25, -0.2) is 9.97 Å². The summed E-state index contributed by atoms with van der Waals surface area (Å²) in [7, 11) is 0. The molecular weight excluding hydrogens is 392 g/mol. The first-order chi connectivity index (χ1) is 15.8. The number of rotatable bonds is 2. The van der Waals surface area contributed by atoms with Gasteiger partial charge in [0.2, 0.25) is 0 Å². The Morgan fingerprint density at radius 1 is 0.438 bits per heavy atom. The van der Waals surface area contributed by atoms with E-state index in [1.807, 2.05) is 12.4 Å². The predicted octanol–water partition coefficient (Wildman–Crippen LogP) is 7.08. The number of pyridine rings is 2. The zero-order chi connectivity index (χ0) is 21.1. The molecule has 0 saturated heterocycles. The SMILES string of the molecule is c1cc(-c2ccc3ccc4ccc(-c5cccc6cc[nH]c56)nc4c3n2)c2[nH]ccc2c1. The van der Waals surface area contributed by atoms with Crippen molar-refractivity contribution in [3.8, 4) is 22.5 Å². The maximum Gasteiger partial charge on any atom is 0.0972 e. The maximum absolute atomic E-state index is 5.10. The van der Waals surface area contributed by atoms with Crippen LogP contribution in [-0.4, -0.2) is 19.9 Å². The summed E-state index contributed by atoms with van der Waals surface area (Å²) in [4.78, 5) is 16.9. The number of aromatic nitrogens is 4. The van der Waals surface area contributed by atoms with E-state index in [2.05, 4.69) is 94.9 Å². The normalized spacial score (nSPS) is 11.8. The monoisotopic (exact) mass is 410 g/mol. The highest BCUT2D eigenvalue weighted by Crippen LogP contribution is 2.32. The lowest BCUT2D eigenvalue weighted by atomic mass is 10.0. The summed E-state index contributed by atoms with van der Waals surface area (Å²) < 4.78 is 0. The molecule has 0 aliphatic rings. The molecule has 0 amide bonds. The number of para-hydroxylation sites is 2. The third-order valence-corrected chi connectivity index (χ3v) is 6.25. The van der Waals surface area contributed by atoms with Crippen molar-refractivity contribution in [1.29, 1.82) is 0 Å². The molecule has 7 aromatic rings. The zero-order valence-electron chi connectivity index (χ0n) is 17.1. The molecule has 0 unspecified atom stereocenters. The largest absolute Gasteiger partial charge is 0.361 e. The minimum atomic E-state index is 0.920. The first-order valence-electron chi connectivity index (χ1n) is 10.7. The Kier molecular flexibility index (Phi) is 3.52. The minimum Gasteiger partial charge on any atom is -0.361 e. The van der Waals surface area contributed by atoms with Crippen molar-refractivity contribution in [1.82, 2.24) is 19.9 Å². The summed E-state index contributed by atoms with van der Waals surface area (Å²) >= 11 is 0. The molecule has 0 aliphatic heterocycles. The predicted molar refractivity (Wildman–Crippen MR) is 132 cm³/mol. The average molecular weight is 410 g/mol. The summed E-state index contributed by atoms with van der Waals surface area (Å²) in [6.45, 7) is 0. The molecule has 4 nitrogen and oxygen atoms in total. The molecule has 2 N–H and O–H groups in total. The lowest BCUT2D eigenvalue weighted by molar-refractivity contribution is 1.36. The second-order valence-electron chi connectivity index (χ2n) is 8.10. The van der Waals surface area contributed by atoms with Gasteiger partial charge >= 0.3 is 0 Å². The van der Waals surface area contributed by atoms with Crippen molar-refractivity contribution in [3.05, 3.63) is 97.3 Å². The van der Waals surface area contributed by atoms with Crippen molar-refractivity contribution < 1.29 is 0 Å². The Labute approximate surface area is 183 Å². The summed E-state index contributed by atoms with van der Waals surface area (Å²) in [5.74, 6) is 0. The molecule has 4 aromatic heterocycles. The molecule has 0 spiro atoms. The molecule has 3 aromatic carbocycles. The number of aromatic amines is 2. The number of hydrogen-bond donors (Lipinski definition) is 2. The van der Waals surface area contributed by atoms with Crippen LogP contribution in [0.25, 0.3) is 66.1 Å². The van der Waals surface area contributed by atoms with Gasteiger partial charge in [0.05, 0.1) is 33.5 Å².